The Kier molecular flexibility index (Phi) is 4.68. The lowest BCUT2D eigenvalue weighted by Crippen LogP contribution is -2.31. The van der Waals surface area contributed by atoms with Crippen LogP contribution in [0.4, 0.5) is 0 Å². The molecular formula is C18H17Cl3O2. The van der Waals surface area contributed by atoms with Crippen molar-refractivity contribution in [3.05, 3.63) is 56.5 Å². The van der Waals surface area contributed by atoms with E-state index < -0.39 is 0 Å². The second-order valence-corrected chi connectivity index (χ2v) is 7.23. The Bertz CT molecular complexity index is 737. The normalized spacial score (nSPS) is 17.2. The summed E-state index contributed by atoms with van der Waals surface area (Å²) < 4.78 is 0. The van der Waals surface area contributed by atoms with Crippen LogP contribution in [0.2, 0.25) is 15.1 Å². The minimum atomic E-state index is -0.302. The van der Waals surface area contributed by atoms with E-state index in [1.807, 2.05) is 12.1 Å². The van der Waals surface area contributed by atoms with Gasteiger partial charge in [0.1, 0.15) is 16.5 Å². The van der Waals surface area contributed by atoms with Crippen LogP contribution in [0.5, 0.6) is 11.5 Å². The molecule has 0 aromatic heterocycles. The molecule has 0 atom stereocenters. The highest BCUT2D eigenvalue weighted by atomic mass is 35.5. The number of halogens is 3. The molecule has 2 nitrogen and oxygen atoms in total. The predicted octanol–water partition coefficient (Wildman–Crippen LogP) is 6.31. The molecule has 122 valence electrons. The summed E-state index contributed by atoms with van der Waals surface area (Å²) in [5, 5.41) is 20.4. The third kappa shape index (κ3) is 2.88. The van der Waals surface area contributed by atoms with E-state index in [1.54, 1.807) is 18.2 Å². The lowest BCUT2D eigenvalue weighted by Gasteiger charge is -2.39. The number of benzene rings is 2. The van der Waals surface area contributed by atoms with E-state index in [0.29, 0.717) is 10.0 Å². The van der Waals surface area contributed by atoms with Crippen molar-refractivity contribution in [1.29, 1.82) is 0 Å². The van der Waals surface area contributed by atoms with Gasteiger partial charge in [0.25, 0.3) is 0 Å². The molecule has 3 rings (SSSR count). The smallest absolute Gasteiger partial charge is 0.135 e. The van der Waals surface area contributed by atoms with E-state index in [2.05, 4.69) is 0 Å². The van der Waals surface area contributed by atoms with Crippen molar-refractivity contribution in [2.24, 2.45) is 0 Å². The van der Waals surface area contributed by atoms with Crippen molar-refractivity contribution in [3.63, 3.8) is 0 Å². The molecule has 0 heterocycles. The first-order valence-corrected chi connectivity index (χ1v) is 8.75. The Hall–Kier alpha value is -1.09. The summed E-state index contributed by atoms with van der Waals surface area (Å²) in [5.74, 6) is 0.0475. The fourth-order valence-corrected chi connectivity index (χ4v) is 4.27. The van der Waals surface area contributed by atoms with Gasteiger partial charge in [-0.05, 0) is 42.2 Å². The third-order valence-electron chi connectivity index (χ3n) is 4.78. The fraction of sp³-hybridized carbons (Fsp3) is 0.333. The van der Waals surface area contributed by atoms with Gasteiger partial charge in [-0.15, -0.1) is 0 Å². The van der Waals surface area contributed by atoms with Gasteiger partial charge in [0.2, 0.25) is 0 Å². The molecule has 23 heavy (non-hydrogen) atoms. The molecule has 1 aliphatic rings. The first-order chi connectivity index (χ1) is 11.0. The number of phenolic OH excluding ortho intramolecular Hbond substituents is 2. The van der Waals surface area contributed by atoms with E-state index >= 15 is 0 Å². The van der Waals surface area contributed by atoms with Crippen LogP contribution in [0.1, 0.15) is 43.2 Å². The molecule has 0 spiro atoms. The van der Waals surface area contributed by atoms with Gasteiger partial charge in [-0.2, -0.15) is 0 Å². The van der Waals surface area contributed by atoms with Crippen molar-refractivity contribution in [3.8, 4) is 11.5 Å². The first-order valence-electron chi connectivity index (χ1n) is 7.62. The molecule has 0 bridgehead atoms. The predicted molar refractivity (Wildman–Crippen MR) is 95.1 cm³/mol. The molecule has 0 aliphatic heterocycles. The lowest BCUT2D eigenvalue weighted by molar-refractivity contribution is 0.345. The van der Waals surface area contributed by atoms with Gasteiger partial charge in [-0.25, -0.2) is 0 Å². The third-order valence-corrected chi connectivity index (χ3v) is 5.96. The van der Waals surface area contributed by atoms with Crippen molar-refractivity contribution in [1.82, 2.24) is 0 Å². The standard InChI is InChI=1S/C18H17Cl3O2/c19-13-10-11(4-6-14(13)22)18(8-2-1-3-9-18)12-5-7-15(23)17(21)16(12)20/h4-7,10,22-23H,1-3,8-9H2. The lowest BCUT2D eigenvalue weighted by atomic mass is 9.65. The fourth-order valence-electron chi connectivity index (χ4n) is 3.58. The summed E-state index contributed by atoms with van der Waals surface area (Å²) in [7, 11) is 0. The van der Waals surface area contributed by atoms with Gasteiger partial charge in [0.15, 0.2) is 0 Å². The quantitative estimate of drug-likeness (QED) is 0.649. The number of phenols is 2. The largest absolute Gasteiger partial charge is 0.506 e. The minimum absolute atomic E-state index is 0.0184. The summed E-state index contributed by atoms with van der Waals surface area (Å²) >= 11 is 18.8. The van der Waals surface area contributed by atoms with Crippen LogP contribution in [-0.4, -0.2) is 10.2 Å². The van der Waals surface area contributed by atoms with Crippen LogP contribution in [0, 0.1) is 0 Å². The zero-order valence-electron chi connectivity index (χ0n) is 12.5. The van der Waals surface area contributed by atoms with Crippen LogP contribution in [0.15, 0.2) is 30.3 Å². The molecule has 1 fully saturated rings. The van der Waals surface area contributed by atoms with Gasteiger partial charge < -0.3 is 10.2 Å². The molecule has 0 amide bonds. The maximum absolute atomic E-state index is 9.79. The molecule has 2 N–H and O–H groups in total. The Morgan fingerprint density at radius 2 is 1.43 bits per heavy atom. The van der Waals surface area contributed by atoms with Crippen LogP contribution < -0.4 is 0 Å². The van der Waals surface area contributed by atoms with Crippen LogP contribution in [-0.2, 0) is 5.41 Å². The highest BCUT2D eigenvalue weighted by Gasteiger charge is 2.38. The van der Waals surface area contributed by atoms with Crippen molar-refractivity contribution >= 4 is 34.8 Å². The van der Waals surface area contributed by atoms with Crippen LogP contribution in [0.25, 0.3) is 0 Å². The number of hydrogen-bond donors (Lipinski definition) is 2. The maximum Gasteiger partial charge on any atom is 0.135 e. The summed E-state index contributed by atoms with van der Waals surface area (Å²) in [6.07, 6.45) is 5.18. The van der Waals surface area contributed by atoms with Gasteiger partial charge in [0.05, 0.1) is 10.0 Å². The maximum atomic E-state index is 9.79. The molecule has 2 aromatic rings. The van der Waals surface area contributed by atoms with E-state index in [0.717, 1.165) is 36.8 Å². The van der Waals surface area contributed by atoms with E-state index in [-0.39, 0.29) is 21.9 Å². The Morgan fingerprint density at radius 1 is 0.783 bits per heavy atom. The van der Waals surface area contributed by atoms with Gasteiger partial charge in [0, 0.05) is 5.41 Å². The molecule has 0 unspecified atom stereocenters. The molecular weight excluding hydrogens is 355 g/mol. The monoisotopic (exact) mass is 370 g/mol. The zero-order valence-corrected chi connectivity index (χ0v) is 14.7. The Labute approximate surface area is 150 Å². The highest BCUT2D eigenvalue weighted by molar-refractivity contribution is 6.43. The topological polar surface area (TPSA) is 40.5 Å². The van der Waals surface area contributed by atoms with Gasteiger partial charge >= 0.3 is 0 Å². The Morgan fingerprint density at radius 3 is 2.09 bits per heavy atom. The molecule has 0 radical (unpaired) electrons. The molecule has 1 saturated carbocycles. The van der Waals surface area contributed by atoms with E-state index in [4.69, 9.17) is 34.8 Å². The van der Waals surface area contributed by atoms with Gasteiger partial charge in [-0.3, -0.25) is 0 Å². The molecule has 2 aromatic carbocycles. The van der Waals surface area contributed by atoms with Crippen LogP contribution >= 0.6 is 34.8 Å². The van der Waals surface area contributed by atoms with E-state index in [9.17, 15) is 10.2 Å². The molecule has 5 heteroatoms. The number of aromatic hydroxyl groups is 2. The highest BCUT2D eigenvalue weighted by Crippen LogP contribution is 2.50. The molecule has 1 aliphatic carbocycles. The first kappa shape index (κ1) is 16.8. The number of rotatable bonds is 2. The van der Waals surface area contributed by atoms with Crippen molar-refractivity contribution < 1.29 is 10.2 Å². The molecule has 0 saturated heterocycles. The summed E-state index contributed by atoms with van der Waals surface area (Å²) in [6, 6.07) is 8.74. The second kappa shape index (κ2) is 6.43. The average Bonchev–Trinajstić information content (AvgIpc) is 2.56. The zero-order chi connectivity index (χ0) is 16.6. The Balaban J connectivity index is 2.21. The summed E-state index contributed by atoms with van der Waals surface area (Å²) in [6.45, 7) is 0. The number of hydrogen-bond acceptors (Lipinski definition) is 2. The average molecular weight is 372 g/mol. The van der Waals surface area contributed by atoms with Crippen LogP contribution in [0.3, 0.4) is 0 Å². The summed E-state index contributed by atoms with van der Waals surface area (Å²) in [4.78, 5) is 0. The minimum Gasteiger partial charge on any atom is -0.506 e. The summed E-state index contributed by atoms with van der Waals surface area (Å²) in [5.41, 5.74) is 1.62. The van der Waals surface area contributed by atoms with Gasteiger partial charge in [-0.1, -0.05) is 66.2 Å². The van der Waals surface area contributed by atoms with E-state index in [1.165, 1.54) is 6.42 Å². The van der Waals surface area contributed by atoms with Crippen molar-refractivity contribution in [2.45, 2.75) is 37.5 Å². The van der Waals surface area contributed by atoms with Crippen molar-refractivity contribution in [2.75, 3.05) is 0 Å². The second-order valence-electron chi connectivity index (χ2n) is 6.07. The SMILES string of the molecule is Oc1ccc(C2(c3ccc(O)c(Cl)c3Cl)CCCCC2)cc1Cl.